The molecule has 1 aliphatic rings. The van der Waals surface area contributed by atoms with Crippen LogP contribution >= 0.6 is 0 Å². The van der Waals surface area contributed by atoms with E-state index >= 15 is 0 Å². The standard InChI is InChI=1S/C17H24N2O3/c1-3-16(20)19-14-8-6-13(7-9-14)12(2)18-17(21)11-15-5-4-10-22-15/h6-9,12,15H,3-5,10-11H2,1-2H3,(H,18,21)(H,19,20)/t12-,15+/m1/s1. The van der Waals surface area contributed by atoms with Gasteiger partial charge in [0.2, 0.25) is 11.8 Å². The maximum Gasteiger partial charge on any atom is 0.224 e. The van der Waals surface area contributed by atoms with E-state index in [0.717, 1.165) is 30.7 Å². The lowest BCUT2D eigenvalue weighted by atomic mass is 10.1. The maximum absolute atomic E-state index is 12.0. The third-order valence-electron chi connectivity index (χ3n) is 3.83. The summed E-state index contributed by atoms with van der Waals surface area (Å²) in [7, 11) is 0. The Kier molecular flexibility index (Phi) is 5.95. The topological polar surface area (TPSA) is 67.4 Å². The van der Waals surface area contributed by atoms with Crippen molar-refractivity contribution in [2.24, 2.45) is 0 Å². The van der Waals surface area contributed by atoms with Crippen LogP contribution in [0.1, 0.15) is 51.1 Å². The fourth-order valence-corrected chi connectivity index (χ4v) is 2.50. The Morgan fingerprint density at radius 1 is 1.27 bits per heavy atom. The molecule has 2 N–H and O–H groups in total. The SMILES string of the molecule is CCC(=O)Nc1ccc([C@@H](C)NC(=O)C[C@@H]2CCCO2)cc1. The fraction of sp³-hybridized carbons (Fsp3) is 0.529. The second kappa shape index (κ2) is 7.94. The van der Waals surface area contributed by atoms with Gasteiger partial charge in [-0.25, -0.2) is 0 Å². The lowest BCUT2D eigenvalue weighted by Gasteiger charge is -2.16. The van der Waals surface area contributed by atoms with Gasteiger partial charge in [0.15, 0.2) is 0 Å². The van der Waals surface area contributed by atoms with E-state index in [4.69, 9.17) is 4.74 Å². The number of carbonyl (C=O) groups excluding carboxylic acids is 2. The zero-order valence-electron chi connectivity index (χ0n) is 13.2. The van der Waals surface area contributed by atoms with Gasteiger partial charge in [-0.05, 0) is 37.5 Å². The van der Waals surface area contributed by atoms with Crippen LogP contribution in [0.3, 0.4) is 0 Å². The second-order valence-electron chi connectivity index (χ2n) is 5.65. The van der Waals surface area contributed by atoms with Gasteiger partial charge >= 0.3 is 0 Å². The molecule has 1 aliphatic heterocycles. The first-order valence-electron chi connectivity index (χ1n) is 7.89. The minimum atomic E-state index is -0.0650. The number of anilines is 1. The molecule has 0 spiro atoms. The molecule has 1 fully saturated rings. The molecule has 1 heterocycles. The minimum absolute atomic E-state index is 0.00864. The summed E-state index contributed by atoms with van der Waals surface area (Å²) < 4.78 is 5.47. The molecule has 0 unspecified atom stereocenters. The monoisotopic (exact) mass is 304 g/mol. The van der Waals surface area contributed by atoms with Crippen LogP contribution in [0.15, 0.2) is 24.3 Å². The van der Waals surface area contributed by atoms with E-state index in [9.17, 15) is 9.59 Å². The highest BCUT2D eigenvalue weighted by molar-refractivity contribution is 5.90. The largest absolute Gasteiger partial charge is 0.378 e. The molecule has 0 radical (unpaired) electrons. The molecular formula is C17H24N2O3. The summed E-state index contributed by atoms with van der Waals surface area (Å²) in [6.07, 6.45) is 2.96. The van der Waals surface area contributed by atoms with E-state index < -0.39 is 0 Å². The molecule has 2 rings (SSSR count). The van der Waals surface area contributed by atoms with Gasteiger partial charge in [-0.1, -0.05) is 19.1 Å². The Labute approximate surface area is 131 Å². The van der Waals surface area contributed by atoms with Crippen LogP contribution in [0, 0.1) is 0 Å². The van der Waals surface area contributed by atoms with Crippen molar-refractivity contribution in [3.05, 3.63) is 29.8 Å². The van der Waals surface area contributed by atoms with Crippen LogP contribution in [0.2, 0.25) is 0 Å². The molecule has 1 aromatic rings. The number of benzene rings is 1. The number of hydrogen-bond acceptors (Lipinski definition) is 3. The molecule has 0 aliphatic carbocycles. The van der Waals surface area contributed by atoms with Gasteiger partial charge in [0.25, 0.3) is 0 Å². The lowest BCUT2D eigenvalue weighted by molar-refractivity contribution is -0.124. The molecular weight excluding hydrogens is 280 g/mol. The van der Waals surface area contributed by atoms with E-state index in [1.54, 1.807) is 0 Å². The average molecular weight is 304 g/mol. The molecule has 5 heteroatoms. The average Bonchev–Trinajstić information content (AvgIpc) is 3.00. The summed E-state index contributed by atoms with van der Waals surface area (Å²) in [5.74, 6) is 0.00780. The minimum Gasteiger partial charge on any atom is -0.378 e. The fourth-order valence-electron chi connectivity index (χ4n) is 2.50. The molecule has 22 heavy (non-hydrogen) atoms. The van der Waals surface area contributed by atoms with Crippen LogP contribution < -0.4 is 10.6 Å². The number of amides is 2. The van der Waals surface area contributed by atoms with Gasteiger partial charge in [-0.3, -0.25) is 9.59 Å². The van der Waals surface area contributed by atoms with E-state index in [2.05, 4.69) is 10.6 Å². The number of nitrogens with one attached hydrogen (secondary N) is 2. The highest BCUT2D eigenvalue weighted by atomic mass is 16.5. The highest BCUT2D eigenvalue weighted by Gasteiger charge is 2.20. The van der Waals surface area contributed by atoms with Gasteiger partial charge in [0.1, 0.15) is 0 Å². The normalized spacial score (nSPS) is 18.7. The summed E-state index contributed by atoms with van der Waals surface area (Å²) in [5, 5.41) is 5.79. The first-order valence-corrected chi connectivity index (χ1v) is 7.89. The van der Waals surface area contributed by atoms with Gasteiger partial charge in [0.05, 0.1) is 18.6 Å². The molecule has 120 valence electrons. The van der Waals surface area contributed by atoms with E-state index in [0.29, 0.717) is 12.8 Å². The van der Waals surface area contributed by atoms with Gasteiger partial charge in [0, 0.05) is 18.7 Å². The molecule has 0 aromatic heterocycles. The Bertz CT molecular complexity index is 507. The third-order valence-corrected chi connectivity index (χ3v) is 3.83. The predicted octanol–water partition coefficient (Wildman–Crippen LogP) is 2.78. The molecule has 1 saturated heterocycles. The quantitative estimate of drug-likeness (QED) is 0.849. The molecule has 5 nitrogen and oxygen atoms in total. The Balaban J connectivity index is 1.84. The van der Waals surface area contributed by atoms with Crippen LogP contribution in [-0.4, -0.2) is 24.5 Å². The Morgan fingerprint density at radius 3 is 2.59 bits per heavy atom. The predicted molar refractivity (Wildman–Crippen MR) is 85.5 cm³/mol. The molecule has 2 atom stereocenters. The Morgan fingerprint density at radius 2 is 2.00 bits per heavy atom. The molecule has 2 amide bonds. The summed E-state index contributed by atoms with van der Waals surface area (Å²) >= 11 is 0. The van der Waals surface area contributed by atoms with Gasteiger partial charge < -0.3 is 15.4 Å². The molecule has 0 saturated carbocycles. The van der Waals surface area contributed by atoms with Crippen LogP contribution in [-0.2, 0) is 14.3 Å². The zero-order chi connectivity index (χ0) is 15.9. The van der Waals surface area contributed by atoms with Crippen molar-refractivity contribution in [1.82, 2.24) is 5.32 Å². The summed E-state index contributed by atoms with van der Waals surface area (Å²) in [6.45, 7) is 4.53. The maximum atomic E-state index is 12.0. The number of carbonyl (C=O) groups is 2. The molecule has 1 aromatic carbocycles. The van der Waals surface area contributed by atoms with Crippen molar-refractivity contribution < 1.29 is 14.3 Å². The van der Waals surface area contributed by atoms with E-state index in [1.165, 1.54) is 0 Å². The molecule has 0 bridgehead atoms. The first kappa shape index (κ1) is 16.5. The first-order chi connectivity index (χ1) is 10.6. The van der Waals surface area contributed by atoms with Crippen LogP contribution in [0.4, 0.5) is 5.69 Å². The van der Waals surface area contributed by atoms with Crippen molar-refractivity contribution >= 4 is 17.5 Å². The Hall–Kier alpha value is -1.88. The van der Waals surface area contributed by atoms with E-state index in [1.807, 2.05) is 38.1 Å². The van der Waals surface area contributed by atoms with Gasteiger partial charge in [-0.15, -0.1) is 0 Å². The number of hydrogen-bond donors (Lipinski definition) is 2. The zero-order valence-corrected chi connectivity index (χ0v) is 13.2. The van der Waals surface area contributed by atoms with Crippen LogP contribution in [0.25, 0.3) is 0 Å². The van der Waals surface area contributed by atoms with Crippen molar-refractivity contribution in [3.8, 4) is 0 Å². The van der Waals surface area contributed by atoms with E-state index in [-0.39, 0.29) is 24.0 Å². The lowest BCUT2D eigenvalue weighted by Crippen LogP contribution is -2.29. The summed E-state index contributed by atoms with van der Waals surface area (Å²) in [5.41, 5.74) is 1.78. The summed E-state index contributed by atoms with van der Waals surface area (Å²) in [6, 6.07) is 7.48. The van der Waals surface area contributed by atoms with Crippen molar-refractivity contribution in [3.63, 3.8) is 0 Å². The van der Waals surface area contributed by atoms with Crippen molar-refractivity contribution in [2.45, 2.75) is 51.7 Å². The summed E-state index contributed by atoms with van der Waals surface area (Å²) in [4.78, 5) is 23.3. The van der Waals surface area contributed by atoms with Gasteiger partial charge in [-0.2, -0.15) is 0 Å². The second-order valence-corrected chi connectivity index (χ2v) is 5.65. The van der Waals surface area contributed by atoms with Crippen molar-refractivity contribution in [1.29, 1.82) is 0 Å². The highest BCUT2D eigenvalue weighted by Crippen LogP contribution is 2.18. The third kappa shape index (κ3) is 4.84. The number of rotatable bonds is 6. The smallest absolute Gasteiger partial charge is 0.224 e. The van der Waals surface area contributed by atoms with Crippen LogP contribution in [0.5, 0.6) is 0 Å². The number of ether oxygens (including phenoxy) is 1. The van der Waals surface area contributed by atoms with Crippen molar-refractivity contribution in [2.75, 3.05) is 11.9 Å².